The maximum absolute atomic E-state index is 11.2. The largest absolute Gasteiger partial charge is 0.507 e. The van der Waals surface area contributed by atoms with Gasteiger partial charge in [-0.15, -0.1) is 0 Å². The quantitative estimate of drug-likeness (QED) is 0.484. The summed E-state index contributed by atoms with van der Waals surface area (Å²) < 4.78 is 22.4. The van der Waals surface area contributed by atoms with Crippen molar-refractivity contribution in [3.63, 3.8) is 0 Å². The molecule has 3 N–H and O–H groups in total. The number of rotatable bonds is 5. The minimum atomic E-state index is -3.75. The molecule has 2 aromatic carbocycles. The molecule has 126 valence electrons. The lowest BCUT2D eigenvalue weighted by Gasteiger charge is -2.07. The van der Waals surface area contributed by atoms with E-state index in [1.54, 1.807) is 19.1 Å². The molecule has 0 heterocycles. The summed E-state index contributed by atoms with van der Waals surface area (Å²) in [5.74, 6) is -0.124. The highest BCUT2D eigenvalue weighted by Gasteiger charge is 2.11. The van der Waals surface area contributed by atoms with Crippen LogP contribution in [0.15, 0.2) is 52.4 Å². The van der Waals surface area contributed by atoms with E-state index < -0.39 is 14.9 Å². The summed E-state index contributed by atoms with van der Waals surface area (Å²) in [5.41, 5.74) is 0.792. The SMILES string of the molecule is C[C@@H](N=Cc1cc([N+](=O)[O-])ccc1O)c1ccc(S(N)(=O)=O)cc1. The van der Waals surface area contributed by atoms with Crippen LogP contribution in [0.2, 0.25) is 0 Å². The molecule has 8 nitrogen and oxygen atoms in total. The van der Waals surface area contributed by atoms with Crippen LogP contribution in [-0.4, -0.2) is 24.7 Å². The number of aromatic hydroxyl groups is 1. The van der Waals surface area contributed by atoms with E-state index in [4.69, 9.17) is 5.14 Å². The van der Waals surface area contributed by atoms with Gasteiger partial charge in [-0.25, -0.2) is 13.6 Å². The molecule has 0 unspecified atom stereocenters. The van der Waals surface area contributed by atoms with Gasteiger partial charge in [0.25, 0.3) is 5.69 Å². The van der Waals surface area contributed by atoms with E-state index in [2.05, 4.69) is 4.99 Å². The number of primary sulfonamides is 1. The summed E-state index contributed by atoms with van der Waals surface area (Å²) in [5, 5.41) is 25.5. The summed E-state index contributed by atoms with van der Waals surface area (Å²) in [4.78, 5) is 14.4. The molecule has 2 aromatic rings. The Kier molecular flexibility index (Phi) is 4.96. The Bertz CT molecular complexity index is 892. The third kappa shape index (κ3) is 4.15. The molecule has 0 fully saturated rings. The molecule has 1 atom stereocenters. The molecule has 0 amide bonds. The first-order chi connectivity index (χ1) is 11.2. The van der Waals surface area contributed by atoms with Crippen molar-refractivity contribution in [2.45, 2.75) is 17.9 Å². The van der Waals surface area contributed by atoms with E-state index in [0.29, 0.717) is 0 Å². The fraction of sp³-hybridized carbons (Fsp3) is 0.133. The first kappa shape index (κ1) is 17.6. The normalized spacial score (nSPS) is 13.1. The molecule has 0 radical (unpaired) electrons. The number of hydrogen-bond acceptors (Lipinski definition) is 6. The zero-order valence-electron chi connectivity index (χ0n) is 12.7. The van der Waals surface area contributed by atoms with Gasteiger partial charge >= 0.3 is 0 Å². The number of nitro benzene ring substituents is 1. The Morgan fingerprint density at radius 1 is 1.25 bits per heavy atom. The van der Waals surface area contributed by atoms with E-state index in [1.807, 2.05) is 0 Å². The fourth-order valence-corrected chi connectivity index (χ4v) is 2.49. The highest BCUT2D eigenvalue weighted by molar-refractivity contribution is 7.89. The van der Waals surface area contributed by atoms with Crippen LogP contribution in [0.25, 0.3) is 0 Å². The Morgan fingerprint density at radius 3 is 2.42 bits per heavy atom. The van der Waals surface area contributed by atoms with Crippen LogP contribution in [0.1, 0.15) is 24.1 Å². The summed E-state index contributed by atoms with van der Waals surface area (Å²) in [7, 11) is -3.75. The van der Waals surface area contributed by atoms with Crippen LogP contribution in [0.5, 0.6) is 5.75 Å². The maximum Gasteiger partial charge on any atom is 0.270 e. The Labute approximate surface area is 138 Å². The van der Waals surface area contributed by atoms with Crippen molar-refractivity contribution in [1.82, 2.24) is 0 Å². The van der Waals surface area contributed by atoms with Crippen molar-refractivity contribution in [1.29, 1.82) is 0 Å². The van der Waals surface area contributed by atoms with Crippen LogP contribution in [0.3, 0.4) is 0 Å². The van der Waals surface area contributed by atoms with E-state index >= 15 is 0 Å². The van der Waals surface area contributed by atoms with Crippen LogP contribution in [0.4, 0.5) is 5.69 Å². The second-order valence-corrected chi connectivity index (χ2v) is 6.63. The molecular weight excluding hydrogens is 334 g/mol. The predicted molar refractivity (Wildman–Crippen MR) is 88.6 cm³/mol. The van der Waals surface area contributed by atoms with Crippen LogP contribution in [-0.2, 0) is 10.0 Å². The second kappa shape index (κ2) is 6.77. The van der Waals surface area contributed by atoms with E-state index in [9.17, 15) is 23.6 Å². The van der Waals surface area contributed by atoms with Gasteiger partial charge in [-0.1, -0.05) is 12.1 Å². The van der Waals surface area contributed by atoms with E-state index in [0.717, 1.165) is 5.56 Å². The van der Waals surface area contributed by atoms with Gasteiger partial charge in [0.1, 0.15) is 5.75 Å². The summed E-state index contributed by atoms with van der Waals surface area (Å²) in [6.07, 6.45) is 1.33. The minimum Gasteiger partial charge on any atom is -0.507 e. The molecule has 0 aliphatic heterocycles. The monoisotopic (exact) mass is 349 g/mol. The smallest absolute Gasteiger partial charge is 0.270 e. The van der Waals surface area contributed by atoms with Crippen molar-refractivity contribution in [3.05, 3.63) is 63.7 Å². The number of phenols is 1. The number of benzene rings is 2. The van der Waals surface area contributed by atoms with Crippen molar-refractivity contribution in [2.75, 3.05) is 0 Å². The van der Waals surface area contributed by atoms with Gasteiger partial charge in [0, 0.05) is 23.9 Å². The van der Waals surface area contributed by atoms with Gasteiger partial charge in [-0.05, 0) is 30.7 Å². The molecule has 0 aromatic heterocycles. The van der Waals surface area contributed by atoms with E-state index in [1.165, 1.54) is 36.5 Å². The lowest BCUT2D eigenvalue weighted by atomic mass is 10.1. The fourth-order valence-electron chi connectivity index (χ4n) is 1.97. The van der Waals surface area contributed by atoms with Crippen LogP contribution < -0.4 is 5.14 Å². The Balaban J connectivity index is 2.23. The first-order valence-corrected chi connectivity index (χ1v) is 8.36. The first-order valence-electron chi connectivity index (χ1n) is 6.82. The van der Waals surface area contributed by atoms with Gasteiger partial charge in [0.15, 0.2) is 0 Å². The second-order valence-electron chi connectivity index (χ2n) is 5.07. The predicted octanol–water partition coefficient (Wildman–Crippen LogP) is 2.13. The van der Waals surface area contributed by atoms with Crippen molar-refractivity contribution in [3.8, 4) is 5.75 Å². The van der Waals surface area contributed by atoms with Crippen LogP contribution >= 0.6 is 0 Å². The van der Waals surface area contributed by atoms with Crippen molar-refractivity contribution < 1.29 is 18.4 Å². The van der Waals surface area contributed by atoms with Gasteiger partial charge in [-0.3, -0.25) is 15.1 Å². The number of aliphatic imine (C=N–C) groups is 1. The molecule has 9 heteroatoms. The molecule has 0 aliphatic rings. The molecular formula is C15H15N3O5S. The number of nitrogens with two attached hydrogens (primary N) is 1. The molecule has 0 spiro atoms. The van der Waals surface area contributed by atoms with E-state index in [-0.39, 0.29) is 27.9 Å². The van der Waals surface area contributed by atoms with Gasteiger partial charge in [0.2, 0.25) is 10.0 Å². The lowest BCUT2D eigenvalue weighted by Crippen LogP contribution is -2.12. The highest BCUT2D eigenvalue weighted by atomic mass is 32.2. The number of non-ortho nitro benzene ring substituents is 1. The highest BCUT2D eigenvalue weighted by Crippen LogP contribution is 2.23. The Morgan fingerprint density at radius 2 is 1.88 bits per heavy atom. The van der Waals surface area contributed by atoms with Crippen molar-refractivity contribution >= 4 is 21.9 Å². The number of hydrogen-bond donors (Lipinski definition) is 2. The standard InChI is InChI=1S/C15H15N3O5S/c1-10(11-2-5-14(6-3-11)24(16,22)23)17-9-12-8-13(18(20)21)4-7-15(12)19/h2-10,19H,1H3,(H2,16,22,23)/t10-/m1/s1. The maximum atomic E-state index is 11.2. The number of sulfonamides is 1. The Hall–Kier alpha value is -2.78. The third-order valence-corrected chi connectivity index (χ3v) is 4.28. The minimum absolute atomic E-state index is 0.00115. The summed E-state index contributed by atoms with van der Waals surface area (Å²) in [6, 6.07) is 9.20. The molecule has 0 saturated carbocycles. The number of phenolic OH excluding ortho intramolecular Hbond substituents is 1. The molecule has 2 rings (SSSR count). The average molecular weight is 349 g/mol. The topological polar surface area (TPSA) is 136 Å². The van der Waals surface area contributed by atoms with Gasteiger partial charge in [-0.2, -0.15) is 0 Å². The summed E-state index contributed by atoms with van der Waals surface area (Å²) >= 11 is 0. The lowest BCUT2D eigenvalue weighted by molar-refractivity contribution is -0.384. The average Bonchev–Trinajstić information content (AvgIpc) is 2.52. The zero-order chi connectivity index (χ0) is 17.9. The third-order valence-electron chi connectivity index (χ3n) is 3.35. The number of nitro groups is 1. The summed E-state index contributed by atoms with van der Waals surface area (Å²) in [6.45, 7) is 1.76. The zero-order valence-corrected chi connectivity index (χ0v) is 13.5. The van der Waals surface area contributed by atoms with Crippen LogP contribution in [0, 0.1) is 10.1 Å². The molecule has 0 bridgehead atoms. The molecule has 0 aliphatic carbocycles. The van der Waals surface area contributed by atoms with Gasteiger partial charge in [0.05, 0.1) is 15.9 Å². The molecule has 0 saturated heterocycles. The van der Waals surface area contributed by atoms with Gasteiger partial charge < -0.3 is 5.11 Å². The molecule has 24 heavy (non-hydrogen) atoms. The van der Waals surface area contributed by atoms with Crippen molar-refractivity contribution in [2.24, 2.45) is 10.1 Å². The number of nitrogens with zero attached hydrogens (tertiary/aromatic N) is 2.